The highest BCUT2D eigenvalue weighted by atomic mass is 14.9. The topological polar surface area (TPSA) is 12.0 Å². The lowest BCUT2D eigenvalue weighted by Crippen LogP contribution is -2.25. The van der Waals surface area contributed by atoms with Crippen LogP contribution in [0.15, 0.2) is 30.3 Å². The van der Waals surface area contributed by atoms with Gasteiger partial charge in [-0.3, -0.25) is 0 Å². The molecule has 0 heterocycles. The second-order valence-corrected chi connectivity index (χ2v) is 4.29. The van der Waals surface area contributed by atoms with Crippen LogP contribution >= 0.6 is 0 Å². The second-order valence-electron chi connectivity index (χ2n) is 4.29. The second kappa shape index (κ2) is 6.62. The normalized spacial score (nSPS) is 14.9. The zero-order chi connectivity index (χ0) is 11.1. The monoisotopic (exact) mass is 205 g/mol. The first-order valence-corrected chi connectivity index (χ1v) is 6.06. The van der Waals surface area contributed by atoms with E-state index in [1.807, 2.05) is 0 Å². The summed E-state index contributed by atoms with van der Waals surface area (Å²) in [5.74, 6) is 0.766. The van der Waals surface area contributed by atoms with Gasteiger partial charge < -0.3 is 5.32 Å². The first-order valence-electron chi connectivity index (χ1n) is 6.06. The van der Waals surface area contributed by atoms with Crippen molar-refractivity contribution in [3.8, 4) is 0 Å². The SMILES string of the molecule is CC[C@H](C)CN[C@@H](CC)c1ccccc1. The maximum atomic E-state index is 3.64. The number of nitrogens with one attached hydrogen (secondary N) is 1. The van der Waals surface area contributed by atoms with Crippen molar-refractivity contribution in [2.24, 2.45) is 5.92 Å². The van der Waals surface area contributed by atoms with Crippen molar-refractivity contribution >= 4 is 0 Å². The minimum atomic E-state index is 0.514. The van der Waals surface area contributed by atoms with Gasteiger partial charge in [-0.15, -0.1) is 0 Å². The van der Waals surface area contributed by atoms with E-state index in [9.17, 15) is 0 Å². The van der Waals surface area contributed by atoms with Gasteiger partial charge in [0, 0.05) is 6.04 Å². The van der Waals surface area contributed by atoms with Gasteiger partial charge in [-0.2, -0.15) is 0 Å². The first-order chi connectivity index (χ1) is 7.27. The predicted octanol–water partition coefficient (Wildman–Crippen LogP) is 3.77. The van der Waals surface area contributed by atoms with Gasteiger partial charge in [-0.25, -0.2) is 0 Å². The average molecular weight is 205 g/mol. The molecule has 1 heteroatoms. The molecule has 1 rings (SSSR count). The van der Waals surface area contributed by atoms with E-state index < -0.39 is 0 Å². The molecule has 15 heavy (non-hydrogen) atoms. The van der Waals surface area contributed by atoms with Crippen LogP contribution in [0.1, 0.15) is 45.2 Å². The molecule has 1 N–H and O–H groups in total. The fourth-order valence-corrected chi connectivity index (χ4v) is 1.67. The zero-order valence-electron chi connectivity index (χ0n) is 10.2. The van der Waals surface area contributed by atoms with Crippen molar-refractivity contribution in [1.29, 1.82) is 0 Å². The average Bonchev–Trinajstić information content (AvgIpc) is 2.31. The molecule has 0 bridgehead atoms. The summed E-state index contributed by atoms with van der Waals surface area (Å²) < 4.78 is 0. The summed E-state index contributed by atoms with van der Waals surface area (Å²) in [4.78, 5) is 0. The Morgan fingerprint density at radius 2 is 1.73 bits per heavy atom. The van der Waals surface area contributed by atoms with Gasteiger partial charge in [-0.05, 0) is 24.4 Å². The summed E-state index contributed by atoms with van der Waals surface area (Å²) in [6.45, 7) is 7.89. The third-order valence-electron chi connectivity index (χ3n) is 3.02. The van der Waals surface area contributed by atoms with Crippen LogP contribution in [-0.4, -0.2) is 6.54 Å². The molecule has 0 aliphatic rings. The van der Waals surface area contributed by atoms with Crippen molar-refractivity contribution in [1.82, 2.24) is 5.32 Å². The van der Waals surface area contributed by atoms with Crippen molar-refractivity contribution < 1.29 is 0 Å². The number of hydrogen-bond donors (Lipinski definition) is 1. The molecule has 1 aromatic carbocycles. The van der Waals surface area contributed by atoms with E-state index in [2.05, 4.69) is 56.4 Å². The smallest absolute Gasteiger partial charge is 0.0317 e. The lowest BCUT2D eigenvalue weighted by atomic mass is 10.0. The molecular weight excluding hydrogens is 182 g/mol. The molecule has 0 amide bonds. The fourth-order valence-electron chi connectivity index (χ4n) is 1.67. The maximum absolute atomic E-state index is 3.64. The summed E-state index contributed by atoms with van der Waals surface area (Å²) in [6.07, 6.45) is 2.40. The third-order valence-corrected chi connectivity index (χ3v) is 3.02. The number of rotatable bonds is 6. The van der Waals surface area contributed by atoms with Crippen LogP contribution in [0.3, 0.4) is 0 Å². The van der Waals surface area contributed by atoms with Crippen molar-refractivity contribution in [3.05, 3.63) is 35.9 Å². The standard InChI is InChI=1S/C14H23N/c1-4-12(3)11-15-14(5-2)13-9-7-6-8-10-13/h6-10,12,14-15H,4-5,11H2,1-3H3/t12-,14-/m0/s1. The van der Waals surface area contributed by atoms with Crippen LogP contribution in [0, 0.1) is 5.92 Å². The van der Waals surface area contributed by atoms with E-state index >= 15 is 0 Å². The molecule has 0 aliphatic heterocycles. The lowest BCUT2D eigenvalue weighted by molar-refractivity contribution is 0.438. The van der Waals surface area contributed by atoms with Crippen molar-refractivity contribution in [2.45, 2.75) is 39.7 Å². The minimum absolute atomic E-state index is 0.514. The van der Waals surface area contributed by atoms with Crippen molar-refractivity contribution in [3.63, 3.8) is 0 Å². The summed E-state index contributed by atoms with van der Waals surface area (Å²) in [7, 11) is 0. The fraction of sp³-hybridized carbons (Fsp3) is 0.571. The van der Waals surface area contributed by atoms with Gasteiger partial charge in [0.2, 0.25) is 0 Å². The highest BCUT2D eigenvalue weighted by Gasteiger charge is 2.08. The number of benzene rings is 1. The quantitative estimate of drug-likeness (QED) is 0.745. The predicted molar refractivity (Wildman–Crippen MR) is 66.9 cm³/mol. The first kappa shape index (κ1) is 12.3. The third kappa shape index (κ3) is 4.05. The molecule has 0 aliphatic carbocycles. The molecule has 0 spiro atoms. The molecule has 0 aromatic heterocycles. The van der Waals surface area contributed by atoms with Gasteiger partial charge in [0.25, 0.3) is 0 Å². The van der Waals surface area contributed by atoms with Gasteiger partial charge >= 0.3 is 0 Å². The summed E-state index contributed by atoms with van der Waals surface area (Å²) >= 11 is 0. The summed E-state index contributed by atoms with van der Waals surface area (Å²) in [6, 6.07) is 11.2. The Labute approximate surface area is 93.9 Å². The van der Waals surface area contributed by atoms with Crippen LogP contribution in [0.2, 0.25) is 0 Å². The number of hydrogen-bond acceptors (Lipinski definition) is 1. The molecule has 0 fully saturated rings. The van der Waals surface area contributed by atoms with Gasteiger partial charge in [0.1, 0.15) is 0 Å². The van der Waals surface area contributed by atoms with E-state index in [0.717, 1.165) is 18.9 Å². The van der Waals surface area contributed by atoms with Crippen LogP contribution in [-0.2, 0) is 0 Å². The van der Waals surface area contributed by atoms with E-state index in [1.165, 1.54) is 12.0 Å². The van der Waals surface area contributed by atoms with E-state index in [-0.39, 0.29) is 0 Å². The Kier molecular flexibility index (Phi) is 5.41. The molecule has 0 saturated carbocycles. The van der Waals surface area contributed by atoms with Gasteiger partial charge in [0.15, 0.2) is 0 Å². The van der Waals surface area contributed by atoms with Gasteiger partial charge in [-0.1, -0.05) is 57.5 Å². The molecule has 2 atom stereocenters. The Bertz CT molecular complexity index is 255. The molecule has 0 saturated heterocycles. The highest BCUT2D eigenvalue weighted by molar-refractivity contribution is 5.18. The Morgan fingerprint density at radius 1 is 1.07 bits per heavy atom. The largest absolute Gasteiger partial charge is 0.310 e. The molecule has 1 aromatic rings. The van der Waals surface area contributed by atoms with Crippen LogP contribution in [0.25, 0.3) is 0 Å². The van der Waals surface area contributed by atoms with Gasteiger partial charge in [0.05, 0.1) is 0 Å². The maximum Gasteiger partial charge on any atom is 0.0317 e. The lowest BCUT2D eigenvalue weighted by Gasteiger charge is -2.19. The Balaban J connectivity index is 2.50. The van der Waals surface area contributed by atoms with E-state index in [0.29, 0.717) is 6.04 Å². The highest BCUT2D eigenvalue weighted by Crippen LogP contribution is 2.16. The van der Waals surface area contributed by atoms with Crippen molar-refractivity contribution in [2.75, 3.05) is 6.54 Å². The zero-order valence-corrected chi connectivity index (χ0v) is 10.2. The van der Waals surface area contributed by atoms with Crippen LogP contribution in [0.4, 0.5) is 0 Å². The molecule has 1 nitrogen and oxygen atoms in total. The Morgan fingerprint density at radius 3 is 2.27 bits per heavy atom. The van der Waals surface area contributed by atoms with E-state index in [1.54, 1.807) is 0 Å². The molecule has 84 valence electrons. The van der Waals surface area contributed by atoms with E-state index in [4.69, 9.17) is 0 Å². The molecule has 0 radical (unpaired) electrons. The summed E-state index contributed by atoms with van der Waals surface area (Å²) in [5, 5.41) is 3.64. The Hall–Kier alpha value is -0.820. The van der Waals surface area contributed by atoms with Crippen LogP contribution < -0.4 is 5.32 Å². The molecule has 0 unspecified atom stereocenters. The minimum Gasteiger partial charge on any atom is -0.310 e. The summed E-state index contributed by atoms with van der Waals surface area (Å²) in [5.41, 5.74) is 1.41. The van der Waals surface area contributed by atoms with Crippen LogP contribution in [0.5, 0.6) is 0 Å². The molecular formula is C14H23N.